The van der Waals surface area contributed by atoms with Gasteiger partial charge in [0.05, 0.1) is 18.8 Å². The predicted molar refractivity (Wildman–Crippen MR) is 89.3 cm³/mol. The summed E-state index contributed by atoms with van der Waals surface area (Å²) in [5.74, 6) is -2.37. The topological polar surface area (TPSA) is 87.0 Å². The molecule has 5 heteroatoms. The van der Waals surface area contributed by atoms with Crippen molar-refractivity contribution in [3.8, 4) is 0 Å². The fraction of sp³-hybridized carbons (Fsp3) is 0.850. The molecule has 8 atom stereocenters. The first-order chi connectivity index (χ1) is 11.6. The Hall–Kier alpha value is -0.750. The third-order valence-electron chi connectivity index (χ3n) is 8.89. The van der Waals surface area contributed by atoms with Crippen LogP contribution in [0.15, 0.2) is 12.2 Å². The minimum absolute atomic E-state index is 0.0426. The predicted octanol–water partition coefficient (Wildman–Crippen LogP) is 1.40. The van der Waals surface area contributed by atoms with Crippen LogP contribution in [-0.2, 0) is 9.53 Å². The van der Waals surface area contributed by atoms with Gasteiger partial charge in [0.1, 0.15) is 5.41 Å². The third-order valence-corrected chi connectivity index (χ3v) is 8.89. The normalized spacial score (nSPS) is 58.8. The quantitative estimate of drug-likeness (QED) is 0.576. The Morgan fingerprint density at radius 2 is 1.88 bits per heavy atom. The standard InChI is InChI=1S/C20H28O5/c1-10-11-4-5-12-18-9-25-19(24,20(12,15(10)22)16(11)23)8-13(18)17(2,3)7-6-14(18)21/h11-14,16,21,23-24H,1,4-9H2,2-3H3/t11-,12-,13+,14-,16+,18-,19+,20-/m0/s1. The number of aliphatic hydroxyl groups is 3. The summed E-state index contributed by atoms with van der Waals surface area (Å²) in [6.45, 7) is 8.59. The van der Waals surface area contributed by atoms with Gasteiger partial charge in [0.2, 0.25) is 0 Å². The van der Waals surface area contributed by atoms with E-state index in [9.17, 15) is 20.1 Å². The smallest absolute Gasteiger partial charge is 0.181 e. The van der Waals surface area contributed by atoms with Crippen molar-refractivity contribution in [1.82, 2.24) is 0 Å². The SMILES string of the molecule is C=C1C(=O)[C@]23[C@H](O)[C@H]1CC[C@H]2[C@@]12CO[C@]3(O)C[C@@H]1C(C)(C)CC[C@@H]2O. The van der Waals surface area contributed by atoms with E-state index in [2.05, 4.69) is 20.4 Å². The maximum absolute atomic E-state index is 13.3. The lowest BCUT2D eigenvalue weighted by Gasteiger charge is -2.73. The van der Waals surface area contributed by atoms with E-state index < -0.39 is 28.8 Å². The van der Waals surface area contributed by atoms with E-state index in [1.54, 1.807) is 0 Å². The largest absolute Gasteiger partial charge is 0.392 e. The summed E-state index contributed by atoms with van der Waals surface area (Å²) in [5.41, 5.74) is -1.54. The van der Waals surface area contributed by atoms with Crippen LogP contribution in [0.2, 0.25) is 0 Å². The van der Waals surface area contributed by atoms with E-state index >= 15 is 0 Å². The van der Waals surface area contributed by atoms with Crippen molar-refractivity contribution in [3.63, 3.8) is 0 Å². The molecule has 0 unspecified atom stereocenters. The highest BCUT2D eigenvalue weighted by atomic mass is 16.6. The van der Waals surface area contributed by atoms with Gasteiger partial charge in [-0.1, -0.05) is 20.4 Å². The fourth-order valence-corrected chi connectivity index (χ4v) is 7.74. The number of carbonyl (C=O) groups excluding carboxylic acids is 1. The second-order valence-corrected chi connectivity index (χ2v) is 9.89. The van der Waals surface area contributed by atoms with Crippen LogP contribution in [0.5, 0.6) is 0 Å². The minimum atomic E-state index is -1.66. The molecular weight excluding hydrogens is 320 g/mol. The average molecular weight is 348 g/mol. The van der Waals surface area contributed by atoms with Gasteiger partial charge in [-0.3, -0.25) is 4.79 Å². The average Bonchev–Trinajstić information content (AvgIpc) is 2.68. The van der Waals surface area contributed by atoms with Crippen molar-refractivity contribution in [2.75, 3.05) is 6.61 Å². The highest BCUT2D eigenvalue weighted by Gasteiger charge is 2.83. The molecule has 0 radical (unpaired) electrons. The van der Waals surface area contributed by atoms with Gasteiger partial charge in [-0.05, 0) is 48.5 Å². The summed E-state index contributed by atoms with van der Waals surface area (Å²) >= 11 is 0. The number of fused-ring (bicyclic) bond motifs is 2. The fourth-order valence-electron chi connectivity index (χ4n) is 7.74. The lowest BCUT2D eigenvalue weighted by molar-refractivity contribution is -0.426. The van der Waals surface area contributed by atoms with E-state index in [0.29, 0.717) is 24.8 Å². The van der Waals surface area contributed by atoms with Gasteiger partial charge in [0, 0.05) is 17.8 Å². The zero-order valence-electron chi connectivity index (χ0n) is 15.0. The second kappa shape index (κ2) is 4.38. The van der Waals surface area contributed by atoms with E-state index in [4.69, 9.17) is 4.74 Å². The minimum Gasteiger partial charge on any atom is -0.392 e. The number of carbonyl (C=O) groups is 1. The van der Waals surface area contributed by atoms with Gasteiger partial charge in [0.15, 0.2) is 11.6 Å². The molecule has 0 aromatic rings. The maximum Gasteiger partial charge on any atom is 0.181 e. The van der Waals surface area contributed by atoms with Gasteiger partial charge in [-0.15, -0.1) is 0 Å². The summed E-state index contributed by atoms with van der Waals surface area (Å²) in [5, 5.41) is 33.8. The maximum atomic E-state index is 13.3. The van der Waals surface area contributed by atoms with E-state index in [0.717, 1.165) is 12.8 Å². The second-order valence-electron chi connectivity index (χ2n) is 9.89. The van der Waals surface area contributed by atoms with Crippen LogP contribution in [0.25, 0.3) is 0 Å². The number of ether oxygens (including phenoxy) is 1. The number of hydrogen-bond acceptors (Lipinski definition) is 5. The Morgan fingerprint density at radius 3 is 2.60 bits per heavy atom. The Morgan fingerprint density at radius 1 is 1.16 bits per heavy atom. The molecule has 6 rings (SSSR count). The molecule has 138 valence electrons. The van der Waals surface area contributed by atoms with E-state index in [-0.39, 0.29) is 35.6 Å². The van der Waals surface area contributed by atoms with Gasteiger partial charge >= 0.3 is 0 Å². The molecule has 2 heterocycles. The van der Waals surface area contributed by atoms with Gasteiger partial charge in [-0.2, -0.15) is 0 Å². The van der Waals surface area contributed by atoms with Crippen LogP contribution in [-0.4, -0.2) is 45.7 Å². The molecule has 3 N–H and O–H groups in total. The Labute approximate surface area is 148 Å². The zero-order valence-corrected chi connectivity index (χ0v) is 15.0. The van der Waals surface area contributed by atoms with Crippen molar-refractivity contribution in [2.24, 2.45) is 34.0 Å². The number of ketones is 1. The summed E-state index contributed by atoms with van der Waals surface area (Å²) in [6.07, 6.45) is 1.75. The summed E-state index contributed by atoms with van der Waals surface area (Å²) in [6, 6.07) is 0. The summed E-state index contributed by atoms with van der Waals surface area (Å²) in [4.78, 5) is 13.3. The van der Waals surface area contributed by atoms with Crippen molar-refractivity contribution in [1.29, 1.82) is 0 Å². The first-order valence-corrected chi connectivity index (χ1v) is 9.59. The van der Waals surface area contributed by atoms with E-state index in [1.807, 2.05) is 0 Å². The summed E-state index contributed by atoms with van der Waals surface area (Å²) in [7, 11) is 0. The molecule has 2 spiro atoms. The molecule has 4 saturated carbocycles. The van der Waals surface area contributed by atoms with E-state index in [1.165, 1.54) is 0 Å². The van der Waals surface area contributed by atoms with Crippen LogP contribution in [0.4, 0.5) is 0 Å². The number of Topliss-reactive ketones (excluding diaryl/α,β-unsaturated/α-hetero) is 1. The molecule has 0 amide bonds. The van der Waals surface area contributed by atoms with Gasteiger partial charge < -0.3 is 20.1 Å². The van der Waals surface area contributed by atoms with Gasteiger partial charge in [-0.25, -0.2) is 0 Å². The highest BCUT2D eigenvalue weighted by Crippen LogP contribution is 2.76. The first kappa shape index (κ1) is 16.4. The molecule has 2 saturated heterocycles. The van der Waals surface area contributed by atoms with Crippen molar-refractivity contribution in [3.05, 3.63) is 12.2 Å². The summed E-state index contributed by atoms with van der Waals surface area (Å²) < 4.78 is 5.94. The first-order valence-electron chi connectivity index (χ1n) is 9.59. The third kappa shape index (κ3) is 1.44. The lowest BCUT2D eigenvalue weighted by Crippen LogP contribution is -2.80. The molecule has 4 bridgehead atoms. The molecule has 0 aromatic carbocycles. The Kier molecular flexibility index (Phi) is 2.88. The van der Waals surface area contributed by atoms with Crippen molar-refractivity contribution >= 4 is 5.78 Å². The van der Waals surface area contributed by atoms with Crippen LogP contribution < -0.4 is 0 Å². The molecule has 25 heavy (non-hydrogen) atoms. The highest BCUT2D eigenvalue weighted by molar-refractivity contribution is 6.05. The van der Waals surface area contributed by atoms with Crippen LogP contribution in [0.1, 0.15) is 46.0 Å². The molecule has 0 aromatic heterocycles. The van der Waals surface area contributed by atoms with Gasteiger partial charge in [0.25, 0.3) is 0 Å². The Balaban J connectivity index is 1.77. The van der Waals surface area contributed by atoms with Crippen molar-refractivity contribution in [2.45, 2.75) is 63.9 Å². The van der Waals surface area contributed by atoms with Crippen molar-refractivity contribution < 1.29 is 24.9 Å². The zero-order chi connectivity index (χ0) is 18.0. The van der Waals surface area contributed by atoms with Crippen LogP contribution >= 0.6 is 0 Å². The number of hydrogen-bond donors (Lipinski definition) is 3. The Bertz CT molecular complexity index is 686. The molecule has 2 aliphatic heterocycles. The molecule has 4 aliphatic carbocycles. The monoisotopic (exact) mass is 348 g/mol. The number of rotatable bonds is 0. The molecule has 5 nitrogen and oxygen atoms in total. The lowest BCUT2D eigenvalue weighted by atomic mass is 9.36. The molecule has 6 aliphatic rings. The molecular formula is C20H28O5. The molecule has 6 fully saturated rings. The van der Waals surface area contributed by atoms with Crippen LogP contribution in [0, 0.1) is 34.0 Å². The van der Waals surface area contributed by atoms with Crippen LogP contribution in [0.3, 0.4) is 0 Å². The number of aliphatic hydroxyl groups excluding tert-OH is 2.